The van der Waals surface area contributed by atoms with Crippen molar-refractivity contribution in [2.45, 2.75) is 38.8 Å². The molecular formula is C20H26N4O2. The van der Waals surface area contributed by atoms with Crippen LogP contribution in [0.5, 0.6) is 0 Å². The molecule has 1 aromatic heterocycles. The van der Waals surface area contributed by atoms with Gasteiger partial charge in [0.1, 0.15) is 0 Å². The SMILES string of the molecule is Cc1[nH]c2ccccc2c1C(=O)N1CCN(C(C)C(=O)NC2CC2)CC1. The highest BCUT2D eigenvalue weighted by atomic mass is 16.2. The topological polar surface area (TPSA) is 68.4 Å². The van der Waals surface area contributed by atoms with Gasteiger partial charge >= 0.3 is 0 Å². The van der Waals surface area contributed by atoms with Crippen LogP contribution in [-0.4, -0.2) is 64.9 Å². The van der Waals surface area contributed by atoms with Crippen molar-refractivity contribution in [3.05, 3.63) is 35.5 Å². The van der Waals surface area contributed by atoms with E-state index >= 15 is 0 Å². The summed E-state index contributed by atoms with van der Waals surface area (Å²) in [4.78, 5) is 32.7. The van der Waals surface area contributed by atoms with Crippen molar-refractivity contribution in [1.29, 1.82) is 0 Å². The first-order valence-electron chi connectivity index (χ1n) is 9.45. The molecule has 2 aromatic rings. The van der Waals surface area contributed by atoms with Gasteiger partial charge in [0, 0.05) is 48.8 Å². The normalized spacial score (nSPS) is 19.5. The molecule has 6 nitrogen and oxygen atoms in total. The van der Waals surface area contributed by atoms with Gasteiger partial charge < -0.3 is 15.2 Å². The number of benzene rings is 1. The Morgan fingerprint density at radius 2 is 1.85 bits per heavy atom. The highest BCUT2D eigenvalue weighted by molar-refractivity contribution is 6.08. The molecule has 1 aliphatic carbocycles. The van der Waals surface area contributed by atoms with Crippen molar-refractivity contribution in [3.8, 4) is 0 Å². The van der Waals surface area contributed by atoms with E-state index in [2.05, 4.69) is 15.2 Å². The van der Waals surface area contributed by atoms with Gasteiger partial charge in [0.2, 0.25) is 5.91 Å². The number of carbonyl (C=O) groups excluding carboxylic acids is 2. The fourth-order valence-electron chi connectivity index (χ4n) is 3.74. The number of piperazine rings is 1. The summed E-state index contributed by atoms with van der Waals surface area (Å²) in [5, 5.41) is 4.05. The van der Waals surface area contributed by atoms with Crippen LogP contribution in [0.3, 0.4) is 0 Å². The number of amides is 2. The zero-order chi connectivity index (χ0) is 18.3. The zero-order valence-corrected chi connectivity index (χ0v) is 15.4. The third-order valence-corrected chi connectivity index (χ3v) is 5.56. The van der Waals surface area contributed by atoms with Gasteiger partial charge in [-0.25, -0.2) is 0 Å². The molecule has 138 valence electrons. The molecule has 1 saturated carbocycles. The summed E-state index contributed by atoms with van der Waals surface area (Å²) in [6.45, 7) is 6.67. The molecule has 2 fully saturated rings. The molecule has 0 bridgehead atoms. The minimum Gasteiger partial charge on any atom is -0.358 e. The van der Waals surface area contributed by atoms with E-state index in [1.165, 1.54) is 0 Å². The summed E-state index contributed by atoms with van der Waals surface area (Å²) < 4.78 is 0. The van der Waals surface area contributed by atoms with E-state index in [0.29, 0.717) is 19.1 Å². The molecule has 1 atom stereocenters. The lowest BCUT2D eigenvalue weighted by Gasteiger charge is -2.37. The Morgan fingerprint density at radius 1 is 1.15 bits per heavy atom. The van der Waals surface area contributed by atoms with Gasteiger partial charge in [-0.05, 0) is 32.8 Å². The van der Waals surface area contributed by atoms with Crippen LogP contribution in [-0.2, 0) is 4.79 Å². The number of aromatic amines is 1. The number of para-hydroxylation sites is 1. The van der Waals surface area contributed by atoms with E-state index in [4.69, 9.17) is 0 Å². The first kappa shape index (κ1) is 17.1. The number of nitrogens with one attached hydrogen (secondary N) is 2. The van der Waals surface area contributed by atoms with Crippen molar-refractivity contribution < 1.29 is 9.59 Å². The Kier molecular flexibility index (Phi) is 4.44. The molecule has 2 aliphatic rings. The molecule has 0 spiro atoms. The summed E-state index contributed by atoms with van der Waals surface area (Å²) in [7, 11) is 0. The smallest absolute Gasteiger partial charge is 0.256 e. The fourth-order valence-corrected chi connectivity index (χ4v) is 3.74. The van der Waals surface area contributed by atoms with Crippen molar-refractivity contribution in [1.82, 2.24) is 20.1 Å². The number of hydrogen-bond acceptors (Lipinski definition) is 3. The highest BCUT2D eigenvalue weighted by Gasteiger charge is 2.31. The van der Waals surface area contributed by atoms with E-state index in [-0.39, 0.29) is 17.9 Å². The molecule has 4 rings (SSSR count). The molecule has 2 N–H and O–H groups in total. The first-order valence-corrected chi connectivity index (χ1v) is 9.45. The Balaban J connectivity index is 1.41. The second-order valence-corrected chi connectivity index (χ2v) is 7.46. The summed E-state index contributed by atoms with van der Waals surface area (Å²) in [6, 6.07) is 8.17. The third-order valence-electron chi connectivity index (χ3n) is 5.56. The number of rotatable bonds is 4. The molecular weight excluding hydrogens is 328 g/mol. The van der Waals surface area contributed by atoms with Gasteiger partial charge in [-0.1, -0.05) is 18.2 Å². The number of H-pyrrole nitrogens is 1. The number of nitrogens with zero attached hydrogens (tertiary/aromatic N) is 2. The van der Waals surface area contributed by atoms with E-state index in [1.807, 2.05) is 43.0 Å². The molecule has 6 heteroatoms. The zero-order valence-electron chi connectivity index (χ0n) is 15.4. The minimum atomic E-state index is -0.136. The summed E-state index contributed by atoms with van der Waals surface area (Å²) in [5.74, 6) is 0.189. The second-order valence-electron chi connectivity index (χ2n) is 7.46. The van der Waals surface area contributed by atoms with Gasteiger partial charge in [-0.2, -0.15) is 0 Å². The molecule has 1 saturated heterocycles. The van der Waals surface area contributed by atoms with E-state index in [1.54, 1.807) is 0 Å². The van der Waals surface area contributed by atoms with Crippen molar-refractivity contribution in [2.75, 3.05) is 26.2 Å². The standard InChI is InChI=1S/C20H26N4O2/c1-13-18(16-5-3-4-6-17(16)21-13)20(26)24-11-9-23(10-12-24)14(2)19(25)22-15-7-8-15/h3-6,14-15,21H,7-12H2,1-2H3,(H,22,25). The summed E-state index contributed by atoms with van der Waals surface area (Å²) in [6.07, 6.45) is 2.20. The van der Waals surface area contributed by atoms with Crippen LogP contribution in [0.2, 0.25) is 0 Å². The van der Waals surface area contributed by atoms with Crippen LogP contribution in [0.4, 0.5) is 0 Å². The predicted octanol–water partition coefficient (Wildman–Crippen LogP) is 1.90. The molecule has 2 amide bonds. The second kappa shape index (κ2) is 6.76. The first-order chi connectivity index (χ1) is 12.5. The minimum absolute atomic E-state index is 0.0784. The lowest BCUT2D eigenvalue weighted by atomic mass is 10.1. The van der Waals surface area contributed by atoms with Crippen LogP contribution in [0, 0.1) is 6.92 Å². The van der Waals surface area contributed by atoms with Crippen molar-refractivity contribution in [3.63, 3.8) is 0 Å². The van der Waals surface area contributed by atoms with Crippen LogP contribution < -0.4 is 5.32 Å². The Bertz CT molecular complexity index is 831. The van der Waals surface area contributed by atoms with E-state index in [9.17, 15) is 9.59 Å². The largest absolute Gasteiger partial charge is 0.358 e. The summed E-state index contributed by atoms with van der Waals surface area (Å²) in [5.41, 5.74) is 2.68. The molecule has 2 heterocycles. The molecule has 1 unspecified atom stereocenters. The van der Waals surface area contributed by atoms with Crippen LogP contribution in [0.25, 0.3) is 10.9 Å². The number of aromatic nitrogens is 1. The van der Waals surface area contributed by atoms with Crippen LogP contribution in [0.1, 0.15) is 35.8 Å². The van der Waals surface area contributed by atoms with Crippen molar-refractivity contribution in [2.24, 2.45) is 0 Å². The number of hydrogen-bond donors (Lipinski definition) is 2. The van der Waals surface area contributed by atoms with Crippen LogP contribution in [0.15, 0.2) is 24.3 Å². The molecule has 26 heavy (non-hydrogen) atoms. The predicted molar refractivity (Wildman–Crippen MR) is 101 cm³/mol. The van der Waals surface area contributed by atoms with Gasteiger partial charge in [0.15, 0.2) is 0 Å². The Labute approximate surface area is 153 Å². The average molecular weight is 354 g/mol. The lowest BCUT2D eigenvalue weighted by molar-refractivity contribution is -0.126. The molecule has 0 radical (unpaired) electrons. The van der Waals surface area contributed by atoms with E-state index < -0.39 is 0 Å². The van der Waals surface area contributed by atoms with Gasteiger partial charge in [0.05, 0.1) is 11.6 Å². The number of aryl methyl sites for hydroxylation is 1. The maximum atomic E-state index is 13.1. The van der Waals surface area contributed by atoms with Crippen molar-refractivity contribution >= 4 is 22.7 Å². The third kappa shape index (κ3) is 3.21. The number of carbonyl (C=O) groups is 2. The highest BCUT2D eigenvalue weighted by Crippen LogP contribution is 2.24. The average Bonchev–Trinajstić information content (AvgIpc) is 3.40. The fraction of sp³-hybridized carbons (Fsp3) is 0.500. The van der Waals surface area contributed by atoms with Gasteiger partial charge in [-0.3, -0.25) is 14.5 Å². The maximum Gasteiger partial charge on any atom is 0.256 e. The monoisotopic (exact) mass is 354 g/mol. The number of fused-ring (bicyclic) bond motifs is 1. The quantitative estimate of drug-likeness (QED) is 0.881. The lowest BCUT2D eigenvalue weighted by Crippen LogP contribution is -2.55. The maximum absolute atomic E-state index is 13.1. The summed E-state index contributed by atoms with van der Waals surface area (Å²) >= 11 is 0. The molecule has 1 aliphatic heterocycles. The van der Waals surface area contributed by atoms with Gasteiger partial charge in [0.25, 0.3) is 5.91 Å². The molecule has 1 aromatic carbocycles. The van der Waals surface area contributed by atoms with Gasteiger partial charge in [-0.15, -0.1) is 0 Å². The van der Waals surface area contributed by atoms with Crippen LogP contribution >= 0.6 is 0 Å². The Morgan fingerprint density at radius 3 is 2.54 bits per heavy atom. The Hall–Kier alpha value is -2.34. The van der Waals surface area contributed by atoms with E-state index in [0.717, 1.165) is 48.1 Å².